The molecule has 0 aliphatic carbocycles. The average molecular weight is 353 g/mol. The molecule has 0 radical (unpaired) electrons. The summed E-state index contributed by atoms with van der Waals surface area (Å²) in [5.74, 6) is 0. The summed E-state index contributed by atoms with van der Waals surface area (Å²) >= 11 is 11.9. The fourth-order valence-corrected chi connectivity index (χ4v) is 4.17. The van der Waals surface area contributed by atoms with E-state index in [1.807, 2.05) is 6.92 Å². The van der Waals surface area contributed by atoms with E-state index in [0.29, 0.717) is 0 Å². The van der Waals surface area contributed by atoms with Crippen LogP contribution in [-0.2, 0) is 10.0 Å². The van der Waals surface area contributed by atoms with Gasteiger partial charge in [0.1, 0.15) is 4.90 Å². The second-order valence-electron chi connectivity index (χ2n) is 5.02. The lowest BCUT2D eigenvalue weighted by atomic mass is 10.1. The second kappa shape index (κ2) is 8.22. The first-order valence-electron chi connectivity index (χ1n) is 7.09. The second-order valence-corrected chi connectivity index (χ2v) is 7.49. The SMILES string of the molecule is CCCCC(CCC)NS(=O)(=O)c1ccc(Cl)c(N)c1Cl. The molecule has 1 atom stereocenters. The first-order chi connectivity index (χ1) is 9.83. The molecule has 0 aliphatic heterocycles. The highest BCUT2D eigenvalue weighted by Gasteiger charge is 2.23. The maximum atomic E-state index is 12.5. The van der Waals surface area contributed by atoms with Crippen LogP contribution >= 0.6 is 23.2 Å². The summed E-state index contributed by atoms with van der Waals surface area (Å²) in [6.45, 7) is 4.11. The molecule has 0 saturated heterocycles. The molecule has 0 fully saturated rings. The van der Waals surface area contributed by atoms with Crippen LogP contribution in [0.1, 0.15) is 46.0 Å². The Morgan fingerprint density at radius 3 is 2.43 bits per heavy atom. The van der Waals surface area contributed by atoms with E-state index >= 15 is 0 Å². The van der Waals surface area contributed by atoms with Crippen LogP contribution in [0.15, 0.2) is 17.0 Å². The van der Waals surface area contributed by atoms with Gasteiger partial charge in [0.05, 0.1) is 15.7 Å². The highest BCUT2D eigenvalue weighted by molar-refractivity contribution is 7.89. The Bertz CT molecular complexity index is 577. The number of nitrogens with two attached hydrogens (primary N) is 1. The minimum Gasteiger partial charge on any atom is -0.396 e. The summed E-state index contributed by atoms with van der Waals surface area (Å²) < 4.78 is 27.7. The predicted molar refractivity (Wildman–Crippen MR) is 89.4 cm³/mol. The fourth-order valence-electron chi connectivity index (χ4n) is 2.10. The Morgan fingerprint density at radius 2 is 1.86 bits per heavy atom. The zero-order valence-electron chi connectivity index (χ0n) is 12.3. The molecule has 0 spiro atoms. The molecule has 1 unspecified atom stereocenters. The Balaban J connectivity index is 3.02. The number of nitrogen functional groups attached to an aromatic ring is 1. The number of benzene rings is 1. The number of nitrogens with one attached hydrogen (secondary N) is 1. The smallest absolute Gasteiger partial charge is 0.242 e. The Morgan fingerprint density at radius 1 is 1.19 bits per heavy atom. The van der Waals surface area contributed by atoms with Gasteiger partial charge >= 0.3 is 0 Å². The van der Waals surface area contributed by atoms with Crippen molar-refractivity contribution in [1.82, 2.24) is 4.72 Å². The minimum atomic E-state index is -3.70. The van der Waals surface area contributed by atoms with E-state index in [2.05, 4.69) is 11.6 Å². The molecule has 3 N–H and O–H groups in total. The number of hydrogen-bond acceptors (Lipinski definition) is 3. The molecule has 1 aromatic rings. The van der Waals surface area contributed by atoms with Gasteiger partial charge in [-0.15, -0.1) is 0 Å². The highest BCUT2D eigenvalue weighted by Crippen LogP contribution is 2.33. The van der Waals surface area contributed by atoms with Gasteiger partial charge in [-0.25, -0.2) is 13.1 Å². The van der Waals surface area contributed by atoms with E-state index in [-0.39, 0.29) is 26.7 Å². The molecule has 0 aromatic heterocycles. The third kappa shape index (κ3) is 5.02. The van der Waals surface area contributed by atoms with Crippen molar-refractivity contribution in [2.24, 2.45) is 0 Å². The monoisotopic (exact) mass is 352 g/mol. The van der Waals surface area contributed by atoms with Gasteiger partial charge in [0.2, 0.25) is 10.0 Å². The lowest BCUT2D eigenvalue weighted by molar-refractivity contribution is 0.483. The van der Waals surface area contributed by atoms with Gasteiger partial charge in [-0.1, -0.05) is 56.3 Å². The molecule has 21 heavy (non-hydrogen) atoms. The largest absolute Gasteiger partial charge is 0.396 e. The van der Waals surface area contributed by atoms with Crippen molar-refractivity contribution in [2.45, 2.75) is 56.9 Å². The normalized spacial score (nSPS) is 13.3. The summed E-state index contributed by atoms with van der Waals surface area (Å²) in [5, 5.41) is 0.218. The third-order valence-corrected chi connectivity index (χ3v) is 5.66. The minimum absolute atomic E-state index is 0.0244. The maximum absolute atomic E-state index is 12.5. The molecule has 7 heteroatoms. The van der Waals surface area contributed by atoms with Gasteiger partial charge in [-0.05, 0) is 25.0 Å². The molecule has 0 amide bonds. The van der Waals surface area contributed by atoms with Gasteiger partial charge in [0.25, 0.3) is 0 Å². The topological polar surface area (TPSA) is 72.2 Å². The van der Waals surface area contributed by atoms with Crippen LogP contribution in [0.5, 0.6) is 0 Å². The van der Waals surface area contributed by atoms with E-state index < -0.39 is 10.0 Å². The van der Waals surface area contributed by atoms with Crippen LogP contribution in [-0.4, -0.2) is 14.5 Å². The molecule has 120 valence electrons. The Hall–Kier alpha value is -0.490. The molecule has 0 heterocycles. The Kier molecular flexibility index (Phi) is 7.27. The van der Waals surface area contributed by atoms with Crippen LogP contribution in [0.2, 0.25) is 10.0 Å². The van der Waals surface area contributed by atoms with Gasteiger partial charge in [0.15, 0.2) is 0 Å². The lowest BCUT2D eigenvalue weighted by Gasteiger charge is -2.19. The Labute approximate surface area is 137 Å². The zero-order valence-corrected chi connectivity index (χ0v) is 14.7. The predicted octanol–water partition coefficient (Wildman–Crippen LogP) is 4.21. The van der Waals surface area contributed by atoms with E-state index in [4.69, 9.17) is 28.9 Å². The van der Waals surface area contributed by atoms with Crippen LogP contribution in [0.4, 0.5) is 5.69 Å². The number of sulfonamides is 1. The van der Waals surface area contributed by atoms with Crippen LogP contribution in [0.25, 0.3) is 0 Å². The van der Waals surface area contributed by atoms with Crippen LogP contribution < -0.4 is 10.5 Å². The van der Waals surface area contributed by atoms with Crippen LogP contribution in [0.3, 0.4) is 0 Å². The first kappa shape index (κ1) is 18.6. The van der Waals surface area contributed by atoms with Crippen molar-refractivity contribution in [1.29, 1.82) is 0 Å². The van der Waals surface area contributed by atoms with Crippen molar-refractivity contribution in [3.05, 3.63) is 22.2 Å². The molecule has 1 aromatic carbocycles. The average Bonchev–Trinajstić information content (AvgIpc) is 2.42. The standard InChI is InChI=1S/C14H22Cl2N2O2S/c1-3-5-7-10(6-4-2)18-21(19,20)12-9-8-11(15)14(17)13(12)16/h8-10,18H,3-7,17H2,1-2H3. The van der Waals surface area contributed by atoms with Crippen molar-refractivity contribution in [3.63, 3.8) is 0 Å². The zero-order chi connectivity index (χ0) is 16.0. The van der Waals surface area contributed by atoms with Crippen molar-refractivity contribution < 1.29 is 8.42 Å². The molecule has 0 saturated carbocycles. The number of rotatable bonds is 8. The fraction of sp³-hybridized carbons (Fsp3) is 0.571. The summed E-state index contributed by atoms with van der Waals surface area (Å²) in [6.07, 6.45) is 4.51. The van der Waals surface area contributed by atoms with Gasteiger partial charge in [-0.2, -0.15) is 0 Å². The molecular weight excluding hydrogens is 331 g/mol. The summed E-state index contributed by atoms with van der Waals surface area (Å²) in [6, 6.07) is 2.73. The van der Waals surface area contributed by atoms with E-state index in [1.165, 1.54) is 12.1 Å². The summed E-state index contributed by atoms with van der Waals surface area (Å²) in [7, 11) is -3.70. The molecular formula is C14H22Cl2N2O2S. The number of unbranched alkanes of at least 4 members (excludes halogenated alkanes) is 1. The van der Waals surface area contributed by atoms with Gasteiger partial charge in [-0.3, -0.25) is 0 Å². The molecule has 1 rings (SSSR count). The van der Waals surface area contributed by atoms with Crippen LogP contribution in [0, 0.1) is 0 Å². The van der Waals surface area contributed by atoms with E-state index in [9.17, 15) is 8.42 Å². The number of anilines is 1. The van der Waals surface area contributed by atoms with Gasteiger partial charge in [0, 0.05) is 6.04 Å². The van der Waals surface area contributed by atoms with Gasteiger partial charge < -0.3 is 5.73 Å². The molecule has 0 bridgehead atoms. The number of hydrogen-bond donors (Lipinski definition) is 2. The van der Waals surface area contributed by atoms with Crippen molar-refractivity contribution >= 4 is 38.9 Å². The van der Waals surface area contributed by atoms with Crippen molar-refractivity contribution in [2.75, 3.05) is 5.73 Å². The molecule has 0 aliphatic rings. The quantitative estimate of drug-likeness (QED) is 0.688. The number of halogens is 2. The van der Waals surface area contributed by atoms with E-state index in [0.717, 1.165) is 32.1 Å². The summed E-state index contributed by atoms with van der Waals surface area (Å²) in [4.78, 5) is -0.0244. The van der Waals surface area contributed by atoms with E-state index in [1.54, 1.807) is 0 Å². The highest BCUT2D eigenvalue weighted by atomic mass is 35.5. The summed E-state index contributed by atoms with van der Waals surface area (Å²) in [5.41, 5.74) is 5.78. The third-order valence-electron chi connectivity index (χ3n) is 3.25. The lowest BCUT2D eigenvalue weighted by Crippen LogP contribution is -2.35. The molecule has 4 nitrogen and oxygen atoms in total. The van der Waals surface area contributed by atoms with Crippen molar-refractivity contribution in [3.8, 4) is 0 Å². The first-order valence-corrected chi connectivity index (χ1v) is 9.33. The maximum Gasteiger partial charge on any atom is 0.242 e.